The Balaban J connectivity index is 1.46. The highest BCUT2D eigenvalue weighted by Gasteiger charge is 2.20. The van der Waals surface area contributed by atoms with Crippen molar-refractivity contribution in [2.75, 3.05) is 18.5 Å². The van der Waals surface area contributed by atoms with E-state index in [1.807, 2.05) is 18.2 Å². The minimum Gasteiger partial charge on any atom is -0.377 e. The second kappa shape index (κ2) is 8.28. The minimum absolute atomic E-state index is 0.0787. The summed E-state index contributed by atoms with van der Waals surface area (Å²) in [6.07, 6.45) is 3.42. The number of amides is 1. The van der Waals surface area contributed by atoms with Crippen LogP contribution in [-0.2, 0) is 14.8 Å². The van der Waals surface area contributed by atoms with Crippen LogP contribution in [0.15, 0.2) is 65.7 Å². The van der Waals surface area contributed by atoms with Crippen LogP contribution in [0.4, 0.5) is 5.69 Å². The summed E-state index contributed by atoms with van der Waals surface area (Å²) in [6, 6.07) is 15.0. The van der Waals surface area contributed by atoms with Crippen LogP contribution in [0, 0.1) is 0 Å². The molecule has 0 aliphatic carbocycles. The zero-order chi connectivity index (χ0) is 20.3. The summed E-state index contributed by atoms with van der Waals surface area (Å²) in [5, 5.41) is 3.70. The Labute approximate surface area is 169 Å². The molecule has 8 heteroatoms. The minimum atomic E-state index is -3.65. The van der Waals surface area contributed by atoms with Gasteiger partial charge in [0.2, 0.25) is 10.0 Å². The molecular formula is C21H21N3O4S. The van der Waals surface area contributed by atoms with Crippen molar-refractivity contribution >= 4 is 32.5 Å². The molecule has 0 saturated carbocycles. The van der Waals surface area contributed by atoms with E-state index in [0.717, 1.165) is 23.7 Å². The van der Waals surface area contributed by atoms with Crippen molar-refractivity contribution in [3.63, 3.8) is 0 Å². The van der Waals surface area contributed by atoms with E-state index in [1.54, 1.807) is 18.3 Å². The predicted molar refractivity (Wildman–Crippen MR) is 110 cm³/mol. The van der Waals surface area contributed by atoms with Crippen LogP contribution in [0.25, 0.3) is 10.9 Å². The van der Waals surface area contributed by atoms with Gasteiger partial charge in [0.1, 0.15) is 0 Å². The third-order valence-electron chi connectivity index (χ3n) is 4.85. The summed E-state index contributed by atoms with van der Waals surface area (Å²) in [7, 11) is -3.65. The third kappa shape index (κ3) is 4.45. The molecule has 0 spiro atoms. The third-order valence-corrected chi connectivity index (χ3v) is 6.29. The van der Waals surface area contributed by atoms with Gasteiger partial charge in [0, 0.05) is 30.3 Å². The molecule has 1 aliphatic rings. The van der Waals surface area contributed by atoms with Gasteiger partial charge in [0.05, 0.1) is 22.2 Å². The normalized spacial score (nSPS) is 16.8. The Kier molecular flexibility index (Phi) is 5.57. The number of sulfonamides is 1. The number of hydrogen-bond acceptors (Lipinski definition) is 5. The standard InChI is InChI=1S/C21H21N3O4S/c25-21(24-20-7-1-6-19-18(20)5-2-12-22-19)15-8-10-17(11-9-15)29(26,27)23-14-16-4-3-13-28-16/h1-2,5-12,16,23H,3-4,13-14H2,(H,24,25)/t16-/m0/s1. The summed E-state index contributed by atoms with van der Waals surface area (Å²) in [5.41, 5.74) is 1.79. The molecule has 3 aromatic rings. The quantitative estimate of drug-likeness (QED) is 0.650. The Morgan fingerprint density at radius 2 is 1.93 bits per heavy atom. The number of ether oxygens (including phenoxy) is 1. The van der Waals surface area contributed by atoms with E-state index in [9.17, 15) is 13.2 Å². The van der Waals surface area contributed by atoms with Gasteiger partial charge in [-0.25, -0.2) is 13.1 Å². The Hall–Kier alpha value is -2.81. The zero-order valence-corrected chi connectivity index (χ0v) is 16.5. The van der Waals surface area contributed by atoms with Crippen molar-refractivity contribution in [2.45, 2.75) is 23.8 Å². The van der Waals surface area contributed by atoms with Gasteiger partial charge in [-0.2, -0.15) is 0 Å². The molecule has 2 heterocycles. The Morgan fingerprint density at radius 1 is 1.10 bits per heavy atom. The largest absolute Gasteiger partial charge is 0.377 e. The topological polar surface area (TPSA) is 97.4 Å². The van der Waals surface area contributed by atoms with E-state index in [-0.39, 0.29) is 23.5 Å². The van der Waals surface area contributed by atoms with E-state index < -0.39 is 10.0 Å². The van der Waals surface area contributed by atoms with Crippen molar-refractivity contribution in [3.05, 3.63) is 66.4 Å². The molecule has 1 atom stereocenters. The van der Waals surface area contributed by atoms with Crippen LogP contribution in [0.1, 0.15) is 23.2 Å². The van der Waals surface area contributed by atoms with E-state index in [2.05, 4.69) is 15.0 Å². The fourth-order valence-corrected chi connectivity index (χ4v) is 4.35. The Morgan fingerprint density at radius 3 is 2.69 bits per heavy atom. The van der Waals surface area contributed by atoms with Gasteiger partial charge in [-0.3, -0.25) is 9.78 Å². The fraction of sp³-hybridized carbons (Fsp3) is 0.238. The Bertz CT molecular complexity index is 1120. The summed E-state index contributed by atoms with van der Waals surface area (Å²) in [6.45, 7) is 0.919. The fourth-order valence-electron chi connectivity index (χ4n) is 3.28. The molecule has 4 rings (SSSR count). The first-order valence-corrected chi connectivity index (χ1v) is 10.9. The zero-order valence-electron chi connectivity index (χ0n) is 15.7. The maximum Gasteiger partial charge on any atom is 0.255 e. The summed E-state index contributed by atoms with van der Waals surface area (Å²) in [5.74, 6) is -0.322. The molecule has 0 unspecified atom stereocenters. The highest BCUT2D eigenvalue weighted by atomic mass is 32.2. The van der Waals surface area contributed by atoms with Gasteiger partial charge < -0.3 is 10.1 Å². The molecular weight excluding hydrogens is 390 g/mol. The number of carbonyl (C=O) groups excluding carboxylic acids is 1. The predicted octanol–water partition coefficient (Wildman–Crippen LogP) is 2.94. The van der Waals surface area contributed by atoms with Crippen LogP contribution in [0.3, 0.4) is 0 Å². The van der Waals surface area contributed by atoms with Gasteiger partial charge in [-0.15, -0.1) is 0 Å². The highest BCUT2D eigenvalue weighted by Crippen LogP contribution is 2.22. The van der Waals surface area contributed by atoms with Crippen LogP contribution in [0.5, 0.6) is 0 Å². The van der Waals surface area contributed by atoms with Gasteiger partial charge in [0.25, 0.3) is 5.91 Å². The van der Waals surface area contributed by atoms with E-state index >= 15 is 0 Å². The smallest absolute Gasteiger partial charge is 0.255 e. The number of carbonyl (C=O) groups is 1. The number of pyridine rings is 1. The number of aromatic nitrogens is 1. The molecule has 29 heavy (non-hydrogen) atoms. The second-order valence-electron chi connectivity index (χ2n) is 6.84. The molecule has 0 radical (unpaired) electrons. The van der Waals surface area contributed by atoms with Gasteiger partial charge >= 0.3 is 0 Å². The molecule has 2 aromatic carbocycles. The number of nitrogens with zero attached hydrogens (tertiary/aromatic N) is 1. The van der Waals surface area contributed by atoms with Gasteiger partial charge in [-0.1, -0.05) is 6.07 Å². The lowest BCUT2D eigenvalue weighted by atomic mass is 10.1. The molecule has 2 N–H and O–H groups in total. The number of fused-ring (bicyclic) bond motifs is 1. The molecule has 150 valence electrons. The van der Waals surface area contributed by atoms with Crippen molar-refractivity contribution in [3.8, 4) is 0 Å². The number of anilines is 1. The molecule has 0 bridgehead atoms. The lowest BCUT2D eigenvalue weighted by Gasteiger charge is -2.12. The number of benzene rings is 2. The molecule has 1 fully saturated rings. The van der Waals surface area contributed by atoms with Crippen LogP contribution < -0.4 is 10.0 Å². The van der Waals surface area contributed by atoms with Crippen LogP contribution in [0.2, 0.25) is 0 Å². The first-order chi connectivity index (χ1) is 14.0. The van der Waals surface area contributed by atoms with E-state index in [0.29, 0.717) is 17.9 Å². The van der Waals surface area contributed by atoms with E-state index in [4.69, 9.17) is 4.74 Å². The molecule has 7 nitrogen and oxygen atoms in total. The van der Waals surface area contributed by atoms with Crippen LogP contribution >= 0.6 is 0 Å². The average molecular weight is 411 g/mol. The monoisotopic (exact) mass is 411 g/mol. The summed E-state index contributed by atoms with van der Waals surface area (Å²) >= 11 is 0. The second-order valence-corrected chi connectivity index (χ2v) is 8.61. The number of hydrogen-bond donors (Lipinski definition) is 2. The van der Waals surface area contributed by atoms with Crippen molar-refractivity contribution < 1.29 is 17.9 Å². The molecule has 1 saturated heterocycles. The first-order valence-electron chi connectivity index (χ1n) is 9.39. The van der Waals surface area contributed by atoms with E-state index in [1.165, 1.54) is 24.3 Å². The molecule has 1 amide bonds. The van der Waals surface area contributed by atoms with Crippen molar-refractivity contribution in [1.82, 2.24) is 9.71 Å². The van der Waals surface area contributed by atoms with Crippen molar-refractivity contribution in [2.24, 2.45) is 0 Å². The maximum atomic E-state index is 12.6. The number of rotatable bonds is 6. The number of nitrogens with one attached hydrogen (secondary N) is 2. The maximum absolute atomic E-state index is 12.6. The summed E-state index contributed by atoms with van der Waals surface area (Å²) < 4.78 is 32.9. The van der Waals surface area contributed by atoms with Gasteiger partial charge in [-0.05, 0) is 61.4 Å². The highest BCUT2D eigenvalue weighted by molar-refractivity contribution is 7.89. The first kappa shape index (κ1) is 19.5. The SMILES string of the molecule is O=C(Nc1cccc2ncccc12)c1ccc(S(=O)(=O)NC[C@@H]2CCCO2)cc1. The summed E-state index contributed by atoms with van der Waals surface area (Å²) in [4.78, 5) is 17.0. The van der Waals surface area contributed by atoms with Crippen LogP contribution in [-0.4, -0.2) is 38.6 Å². The van der Waals surface area contributed by atoms with Crippen molar-refractivity contribution in [1.29, 1.82) is 0 Å². The molecule has 1 aliphatic heterocycles. The average Bonchev–Trinajstić information content (AvgIpc) is 3.26. The lowest BCUT2D eigenvalue weighted by molar-refractivity contribution is 0.102. The van der Waals surface area contributed by atoms with Gasteiger partial charge in [0.15, 0.2) is 0 Å². The lowest BCUT2D eigenvalue weighted by Crippen LogP contribution is -2.31. The molecule has 1 aromatic heterocycles.